The van der Waals surface area contributed by atoms with Gasteiger partial charge in [0.25, 0.3) is 0 Å². The average molecular weight is 308 g/mol. The minimum Gasteiger partial charge on any atom is -0.379 e. The monoisotopic (exact) mass is 306 g/mol. The molecule has 14 heavy (non-hydrogen) atoms. The van der Waals surface area contributed by atoms with Crippen molar-refractivity contribution in [2.45, 2.75) is 24.3 Å². The van der Waals surface area contributed by atoms with Gasteiger partial charge in [0.05, 0.1) is 24.1 Å². The van der Waals surface area contributed by atoms with E-state index in [1.807, 2.05) is 0 Å². The van der Waals surface area contributed by atoms with Crippen molar-refractivity contribution in [3.8, 4) is 0 Å². The molecule has 0 spiro atoms. The topological polar surface area (TPSA) is 18.5 Å². The molecule has 0 aromatic carbocycles. The average Bonchev–Trinajstić information content (AvgIpc) is 2.22. The summed E-state index contributed by atoms with van der Waals surface area (Å²) in [5, 5.41) is 0. The van der Waals surface area contributed by atoms with E-state index in [4.69, 9.17) is 32.7 Å². The summed E-state index contributed by atoms with van der Waals surface area (Å²) in [6.07, 6.45) is 0.987. The van der Waals surface area contributed by atoms with Crippen molar-refractivity contribution in [1.82, 2.24) is 0 Å². The van der Waals surface area contributed by atoms with Crippen molar-refractivity contribution in [1.29, 1.82) is 0 Å². The lowest BCUT2D eigenvalue weighted by Gasteiger charge is -2.18. The minimum atomic E-state index is -0.0422. The molecule has 0 aliphatic carbocycles. The SMILES string of the molecule is CCCOCCOC(CCl)C(Br)CCl. The zero-order chi connectivity index (χ0) is 10.8. The lowest BCUT2D eigenvalue weighted by Crippen LogP contribution is -2.28. The highest BCUT2D eigenvalue weighted by molar-refractivity contribution is 9.09. The van der Waals surface area contributed by atoms with Crippen LogP contribution in [0.3, 0.4) is 0 Å². The van der Waals surface area contributed by atoms with Crippen molar-refractivity contribution >= 4 is 39.1 Å². The zero-order valence-corrected chi connectivity index (χ0v) is 11.4. The first kappa shape index (κ1) is 15.0. The maximum absolute atomic E-state index is 5.73. The Morgan fingerprint density at radius 3 is 2.36 bits per heavy atom. The van der Waals surface area contributed by atoms with E-state index in [1.165, 1.54) is 0 Å². The van der Waals surface area contributed by atoms with Crippen LogP contribution in [0.15, 0.2) is 0 Å². The minimum absolute atomic E-state index is 0.0422. The van der Waals surface area contributed by atoms with Crippen molar-refractivity contribution in [3.63, 3.8) is 0 Å². The molecule has 0 radical (unpaired) electrons. The van der Waals surface area contributed by atoms with Crippen molar-refractivity contribution < 1.29 is 9.47 Å². The molecule has 2 atom stereocenters. The van der Waals surface area contributed by atoms with Gasteiger partial charge in [-0.1, -0.05) is 22.9 Å². The summed E-state index contributed by atoms with van der Waals surface area (Å²) in [4.78, 5) is 0.104. The van der Waals surface area contributed by atoms with Crippen LogP contribution < -0.4 is 0 Å². The van der Waals surface area contributed by atoms with E-state index in [0.29, 0.717) is 25.0 Å². The summed E-state index contributed by atoms with van der Waals surface area (Å²) in [6.45, 7) is 4.03. The van der Waals surface area contributed by atoms with Gasteiger partial charge >= 0.3 is 0 Å². The predicted octanol–water partition coefficient (Wildman–Crippen LogP) is 3.04. The number of hydrogen-bond acceptors (Lipinski definition) is 2. The Kier molecular flexibility index (Phi) is 11.2. The Morgan fingerprint density at radius 2 is 1.86 bits per heavy atom. The normalized spacial score (nSPS) is 15.4. The van der Waals surface area contributed by atoms with Gasteiger partial charge in [-0.15, -0.1) is 23.2 Å². The van der Waals surface area contributed by atoms with Gasteiger partial charge in [-0.2, -0.15) is 0 Å². The van der Waals surface area contributed by atoms with Crippen LogP contribution in [-0.2, 0) is 9.47 Å². The first-order chi connectivity index (χ1) is 6.76. The second-order valence-electron chi connectivity index (χ2n) is 2.85. The molecule has 0 amide bonds. The molecule has 0 saturated carbocycles. The molecule has 86 valence electrons. The summed E-state index contributed by atoms with van der Waals surface area (Å²) in [6, 6.07) is 0. The van der Waals surface area contributed by atoms with Gasteiger partial charge in [-0.25, -0.2) is 0 Å². The molecule has 0 rings (SSSR count). The maximum Gasteiger partial charge on any atom is 0.0847 e. The van der Waals surface area contributed by atoms with Crippen LogP contribution in [0.1, 0.15) is 13.3 Å². The van der Waals surface area contributed by atoms with Gasteiger partial charge in [-0.3, -0.25) is 0 Å². The van der Waals surface area contributed by atoms with E-state index in [2.05, 4.69) is 22.9 Å². The van der Waals surface area contributed by atoms with Crippen molar-refractivity contribution in [2.75, 3.05) is 31.6 Å². The molecule has 0 aliphatic heterocycles. The number of rotatable bonds is 9. The van der Waals surface area contributed by atoms with Gasteiger partial charge in [-0.05, 0) is 6.42 Å². The number of hydrogen-bond donors (Lipinski definition) is 0. The molecule has 0 aliphatic rings. The predicted molar refractivity (Wildman–Crippen MR) is 65.0 cm³/mol. The van der Waals surface area contributed by atoms with E-state index >= 15 is 0 Å². The molecule has 2 unspecified atom stereocenters. The fourth-order valence-corrected chi connectivity index (χ4v) is 1.91. The molecule has 0 fully saturated rings. The quantitative estimate of drug-likeness (QED) is 0.481. The molecule has 0 heterocycles. The van der Waals surface area contributed by atoms with Crippen LogP contribution in [0, 0.1) is 0 Å². The summed E-state index contributed by atoms with van der Waals surface area (Å²) in [7, 11) is 0. The summed E-state index contributed by atoms with van der Waals surface area (Å²) in [5.74, 6) is 0.934. The Labute approximate surface area is 104 Å². The molecule has 0 aromatic rings. The van der Waals surface area contributed by atoms with E-state index in [-0.39, 0.29) is 10.9 Å². The highest BCUT2D eigenvalue weighted by Gasteiger charge is 2.17. The van der Waals surface area contributed by atoms with Crippen LogP contribution in [0.5, 0.6) is 0 Å². The fourth-order valence-electron chi connectivity index (χ4n) is 0.850. The lowest BCUT2D eigenvalue weighted by atomic mass is 10.3. The van der Waals surface area contributed by atoms with E-state index in [9.17, 15) is 0 Å². The Hall–Kier alpha value is 0.980. The molecule has 5 heteroatoms. The van der Waals surface area contributed by atoms with Gasteiger partial charge in [0.2, 0.25) is 0 Å². The highest BCUT2D eigenvalue weighted by atomic mass is 79.9. The molecule has 0 bridgehead atoms. The second kappa shape index (κ2) is 10.5. The Balaban J connectivity index is 3.42. The highest BCUT2D eigenvalue weighted by Crippen LogP contribution is 2.12. The molecule has 0 aromatic heterocycles. The third-order valence-corrected chi connectivity index (χ3v) is 3.53. The number of alkyl halides is 3. The van der Waals surface area contributed by atoms with Crippen LogP contribution in [0.2, 0.25) is 0 Å². The van der Waals surface area contributed by atoms with Gasteiger partial charge in [0.15, 0.2) is 0 Å². The summed E-state index contributed by atoms with van der Waals surface area (Å²) >= 11 is 14.8. The van der Waals surface area contributed by atoms with Crippen LogP contribution >= 0.6 is 39.1 Å². The Morgan fingerprint density at radius 1 is 1.14 bits per heavy atom. The lowest BCUT2D eigenvalue weighted by molar-refractivity contribution is 0.0158. The maximum atomic E-state index is 5.73. The molecule has 2 nitrogen and oxygen atoms in total. The third-order valence-electron chi connectivity index (χ3n) is 1.61. The molecule has 0 N–H and O–H groups in total. The van der Waals surface area contributed by atoms with Crippen molar-refractivity contribution in [3.05, 3.63) is 0 Å². The smallest absolute Gasteiger partial charge is 0.0847 e. The molecular weight excluding hydrogens is 291 g/mol. The Bertz CT molecular complexity index is 127. The third kappa shape index (κ3) is 7.30. The van der Waals surface area contributed by atoms with Gasteiger partial charge in [0, 0.05) is 18.4 Å². The van der Waals surface area contributed by atoms with E-state index < -0.39 is 0 Å². The van der Waals surface area contributed by atoms with Crippen LogP contribution in [0.25, 0.3) is 0 Å². The van der Waals surface area contributed by atoms with Crippen LogP contribution in [0.4, 0.5) is 0 Å². The van der Waals surface area contributed by atoms with Crippen LogP contribution in [-0.4, -0.2) is 42.5 Å². The van der Waals surface area contributed by atoms with E-state index in [1.54, 1.807) is 0 Å². The van der Waals surface area contributed by atoms with Gasteiger partial charge < -0.3 is 9.47 Å². The number of halogens is 3. The first-order valence-electron chi connectivity index (χ1n) is 4.71. The fraction of sp³-hybridized carbons (Fsp3) is 1.00. The largest absolute Gasteiger partial charge is 0.379 e. The standard InChI is InChI=1S/C9H17BrCl2O2/c1-2-3-13-4-5-14-9(7-12)8(10)6-11/h8-9H,2-7H2,1H3. The van der Waals surface area contributed by atoms with Gasteiger partial charge in [0.1, 0.15) is 0 Å². The first-order valence-corrected chi connectivity index (χ1v) is 6.70. The second-order valence-corrected chi connectivity index (χ2v) is 4.64. The number of ether oxygens (including phenoxy) is 2. The zero-order valence-electron chi connectivity index (χ0n) is 8.35. The molecule has 0 saturated heterocycles. The summed E-state index contributed by atoms with van der Waals surface area (Å²) < 4.78 is 10.8. The van der Waals surface area contributed by atoms with E-state index in [0.717, 1.165) is 13.0 Å². The van der Waals surface area contributed by atoms with Crippen molar-refractivity contribution in [2.24, 2.45) is 0 Å². The molecular formula is C9H17BrCl2O2. The summed E-state index contributed by atoms with van der Waals surface area (Å²) in [5.41, 5.74) is 0.